The molecule has 25 heavy (non-hydrogen) atoms. The van der Waals surface area contributed by atoms with Crippen LogP contribution in [0.3, 0.4) is 0 Å². The second-order valence-corrected chi connectivity index (χ2v) is 7.45. The Morgan fingerprint density at radius 1 is 1.24 bits per heavy atom. The van der Waals surface area contributed by atoms with Gasteiger partial charge in [0.05, 0.1) is 6.04 Å². The Labute approximate surface area is 154 Å². The Hall–Kier alpha value is -1.18. The number of halogens is 1. The van der Waals surface area contributed by atoms with Crippen LogP contribution in [0.15, 0.2) is 24.3 Å². The van der Waals surface area contributed by atoms with Crippen LogP contribution in [0.1, 0.15) is 18.0 Å². The second-order valence-electron chi connectivity index (χ2n) is 7.01. The van der Waals surface area contributed by atoms with Gasteiger partial charge in [0, 0.05) is 63.2 Å². The predicted molar refractivity (Wildman–Crippen MR) is 100 cm³/mol. The lowest BCUT2D eigenvalue weighted by Gasteiger charge is -2.32. The highest BCUT2D eigenvalue weighted by molar-refractivity contribution is 6.30. The van der Waals surface area contributed by atoms with Crippen LogP contribution < -0.4 is 16.2 Å². The highest BCUT2D eigenvalue weighted by Crippen LogP contribution is 2.25. The molecular formula is C18H28ClN5O. The summed E-state index contributed by atoms with van der Waals surface area (Å²) in [7, 11) is 2.14. The smallest absolute Gasteiger partial charge is 0.221 e. The van der Waals surface area contributed by atoms with Crippen molar-refractivity contribution < 1.29 is 4.79 Å². The average Bonchev–Trinajstić information content (AvgIpc) is 3.09. The van der Waals surface area contributed by atoms with Gasteiger partial charge in [0.2, 0.25) is 5.91 Å². The molecule has 2 unspecified atom stereocenters. The minimum absolute atomic E-state index is 0.140. The van der Waals surface area contributed by atoms with Gasteiger partial charge in [-0.05, 0) is 24.7 Å². The summed E-state index contributed by atoms with van der Waals surface area (Å²) in [6.45, 7) is 6.65. The normalized spacial score (nSPS) is 25.2. The van der Waals surface area contributed by atoms with Crippen LogP contribution in [0.2, 0.25) is 5.02 Å². The van der Waals surface area contributed by atoms with Crippen molar-refractivity contribution >= 4 is 17.5 Å². The monoisotopic (exact) mass is 365 g/mol. The van der Waals surface area contributed by atoms with Crippen LogP contribution in [0, 0.1) is 5.92 Å². The molecule has 0 aromatic heterocycles. The molecule has 138 valence electrons. The molecule has 1 amide bonds. The molecule has 2 fully saturated rings. The molecule has 0 saturated carbocycles. The minimum atomic E-state index is 0.140. The number of hydrogen-bond donors (Lipinski definition) is 3. The van der Waals surface area contributed by atoms with E-state index in [4.69, 9.17) is 11.6 Å². The van der Waals surface area contributed by atoms with Crippen LogP contribution in [0.25, 0.3) is 0 Å². The molecule has 1 aromatic rings. The summed E-state index contributed by atoms with van der Waals surface area (Å²) in [5.41, 5.74) is 7.68. The number of hydrazine groups is 1. The lowest BCUT2D eigenvalue weighted by atomic mass is 9.95. The molecule has 0 bridgehead atoms. The summed E-state index contributed by atoms with van der Waals surface area (Å²) in [4.78, 5) is 16.9. The summed E-state index contributed by atoms with van der Waals surface area (Å²) in [6.07, 6.45) is 0.572. The molecular weight excluding hydrogens is 338 g/mol. The Morgan fingerprint density at radius 3 is 2.68 bits per heavy atom. The first kappa shape index (κ1) is 18.6. The zero-order valence-corrected chi connectivity index (χ0v) is 15.6. The predicted octanol–water partition coefficient (Wildman–Crippen LogP) is 0.859. The number of carbonyl (C=O) groups excluding carboxylic acids is 1. The minimum Gasteiger partial charge on any atom is -0.356 e. The van der Waals surface area contributed by atoms with Crippen LogP contribution in [0.4, 0.5) is 0 Å². The molecule has 2 atom stereocenters. The van der Waals surface area contributed by atoms with Crippen LogP contribution in [0.5, 0.6) is 0 Å². The Morgan fingerprint density at radius 2 is 1.96 bits per heavy atom. The quantitative estimate of drug-likeness (QED) is 0.698. The van der Waals surface area contributed by atoms with Crippen molar-refractivity contribution in [1.29, 1.82) is 0 Å². The second kappa shape index (κ2) is 8.96. The van der Waals surface area contributed by atoms with Crippen molar-refractivity contribution in [2.45, 2.75) is 12.5 Å². The average molecular weight is 366 g/mol. The maximum Gasteiger partial charge on any atom is 0.221 e. The van der Waals surface area contributed by atoms with E-state index in [1.165, 1.54) is 5.56 Å². The fraction of sp³-hybridized carbons (Fsp3) is 0.611. The standard InChI is InChI=1S/C18H28ClN5O/c1-23-8-10-24(11-9-23)7-6-17(25)20-12-15-13-21-22-18(15)14-2-4-16(19)5-3-14/h2-5,15,18,21-22H,6-13H2,1H3,(H,20,25). The van der Waals surface area contributed by atoms with Gasteiger partial charge >= 0.3 is 0 Å². The van der Waals surface area contributed by atoms with E-state index in [2.05, 4.69) is 33.0 Å². The number of rotatable bonds is 6. The zero-order valence-electron chi connectivity index (χ0n) is 14.8. The van der Waals surface area contributed by atoms with Crippen LogP contribution in [-0.2, 0) is 4.79 Å². The zero-order chi connectivity index (χ0) is 17.6. The van der Waals surface area contributed by atoms with E-state index >= 15 is 0 Å². The highest BCUT2D eigenvalue weighted by Gasteiger charge is 2.28. The van der Waals surface area contributed by atoms with Crippen LogP contribution in [-0.4, -0.2) is 68.6 Å². The topological polar surface area (TPSA) is 59.6 Å². The van der Waals surface area contributed by atoms with E-state index in [1.807, 2.05) is 24.3 Å². The lowest BCUT2D eigenvalue weighted by Crippen LogP contribution is -2.45. The summed E-state index contributed by atoms with van der Waals surface area (Å²) >= 11 is 5.96. The maximum absolute atomic E-state index is 12.2. The number of nitrogens with one attached hydrogen (secondary N) is 3. The number of benzene rings is 1. The first-order valence-electron chi connectivity index (χ1n) is 9.03. The van der Waals surface area contributed by atoms with Gasteiger partial charge in [-0.15, -0.1) is 0 Å². The number of likely N-dealkylation sites (N-methyl/N-ethyl adjacent to an activating group) is 1. The Bertz CT molecular complexity index is 559. The molecule has 6 nitrogen and oxygen atoms in total. The van der Waals surface area contributed by atoms with Gasteiger partial charge in [0.1, 0.15) is 0 Å². The lowest BCUT2D eigenvalue weighted by molar-refractivity contribution is -0.121. The molecule has 0 aliphatic carbocycles. The molecule has 0 spiro atoms. The third-order valence-electron chi connectivity index (χ3n) is 5.13. The Balaban J connectivity index is 1.41. The van der Waals surface area contributed by atoms with Gasteiger partial charge < -0.3 is 15.1 Å². The molecule has 2 heterocycles. The fourth-order valence-electron chi connectivity index (χ4n) is 3.42. The van der Waals surface area contributed by atoms with Crippen molar-refractivity contribution in [2.24, 2.45) is 5.92 Å². The van der Waals surface area contributed by atoms with E-state index in [-0.39, 0.29) is 11.9 Å². The molecule has 3 rings (SSSR count). The number of nitrogens with zero attached hydrogens (tertiary/aromatic N) is 2. The molecule has 0 radical (unpaired) electrons. The molecule has 2 saturated heterocycles. The largest absolute Gasteiger partial charge is 0.356 e. The Kier molecular flexibility index (Phi) is 6.67. The third-order valence-corrected chi connectivity index (χ3v) is 5.39. The van der Waals surface area contributed by atoms with Crippen molar-refractivity contribution in [2.75, 3.05) is 52.9 Å². The van der Waals surface area contributed by atoms with E-state index < -0.39 is 0 Å². The van der Waals surface area contributed by atoms with Gasteiger partial charge in [0.25, 0.3) is 0 Å². The SMILES string of the molecule is CN1CCN(CCC(=O)NCC2CNNC2c2ccc(Cl)cc2)CC1. The third kappa shape index (κ3) is 5.39. The van der Waals surface area contributed by atoms with Gasteiger partial charge in [-0.25, -0.2) is 5.43 Å². The summed E-state index contributed by atoms with van der Waals surface area (Å²) in [5, 5.41) is 3.84. The fourth-order valence-corrected chi connectivity index (χ4v) is 3.54. The van der Waals surface area contributed by atoms with Gasteiger partial charge in [0.15, 0.2) is 0 Å². The van der Waals surface area contributed by atoms with E-state index in [9.17, 15) is 4.79 Å². The first-order chi connectivity index (χ1) is 12.1. The van der Waals surface area contributed by atoms with Crippen molar-refractivity contribution in [1.82, 2.24) is 26.0 Å². The number of amides is 1. The summed E-state index contributed by atoms with van der Waals surface area (Å²) in [6, 6.07) is 8.07. The number of hydrogen-bond acceptors (Lipinski definition) is 5. The number of carbonyl (C=O) groups is 1. The van der Waals surface area contributed by atoms with Gasteiger partial charge in [-0.2, -0.15) is 0 Å². The highest BCUT2D eigenvalue weighted by atomic mass is 35.5. The number of piperazine rings is 1. The molecule has 7 heteroatoms. The summed E-state index contributed by atoms with van der Waals surface area (Å²) < 4.78 is 0. The van der Waals surface area contributed by atoms with Gasteiger partial charge in [-0.1, -0.05) is 23.7 Å². The molecule has 2 aliphatic heterocycles. The van der Waals surface area contributed by atoms with Crippen molar-refractivity contribution in [3.05, 3.63) is 34.9 Å². The van der Waals surface area contributed by atoms with E-state index in [1.54, 1.807) is 0 Å². The van der Waals surface area contributed by atoms with E-state index in [0.717, 1.165) is 44.3 Å². The maximum atomic E-state index is 12.2. The molecule has 3 N–H and O–H groups in total. The van der Waals surface area contributed by atoms with Crippen molar-refractivity contribution in [3.8, 4) is 0 Å². The van der Waals surface area contributed by atoms with E-state index in [0.29, 0.717) is 18.9 Å². The van der Waals surface area contributed by atoms with Gasteiger partial charge in [-0.3, -0.25) is 10.2 Å². The van der Waals surface area contributed by atoms with Crippen LogP contribution >= 0.6 is 11.6 Å². The van der Waals surface area contributed by atoms with Crippen molar-refractivity contribution in [3.63, 3.8) is 0 Å². The first-order valence-corrected chi connectivity index (χ1v) is 9.41. The molecule has 1 aromatic carbocycles. The summed E-state index contributed by atoms with van der Waals surface area (Å²) in [5.74, 6) is 0.467. The molecule has 2 aliphatic rings.